The monoisotopic (exact) mass is 361 g/mol. The maximum Gasteiger partial charge on any atom is 0.354 e. The second-order valence-corrected chi connectivity index (χ2v) is 9.00. The van der Waals surface area contributed by atoms with E-state index in [9.17, 15) is 4.79 Å². The van der Waals surface area contributed by atoms with E-state index in [0.29, 0.717) is 5.69 Å². The van der Waals surface area contributed by atoms with Crippen molar-refractivity contribution >= 4 is 16.9 Å². The number of nitrogens with one attached hydrogen (secondary N) is 1. The van der Waals surface area contributed by atoms with Crippen molar-refractivity contribution in [3.63, 3.8) is 0 Å². The minimum Gasteiger partial charge on any atom is -0.464 e. The largest absolute Gasteiger partial charge is 0.464 e. The van der Waals surface area contributed by atoms with Crippen molar-refractivity contribution in [1.82, 2.24) is 4.98 Å². The number of ether oxygens (including phenoxy) is 1. The number of rotatable bonds is 2. The van der Waals surface area contributed by atoms with E-state index in [2.05, 4.69) is 69.1 Å². The molecule has 0 fully saturated rings. The fourth-order valence-electron chi connectivity index (χ4n) is 4.29. The molecule has 140 valence electrons. The van der Waals surface area contributed by atoms with E-state index in [1.807, 2.05) is 6.07 Å². The van der Waals surface area contributed by atoms with Crippen LogP contribution in [-0.4, -0.2) is 18.1 Å². The second kappa shape index (κ2) is 5.98. The van der Waals surface area contributed by atoms with Gasteiger partial charge in [0, 0.05) is 10.9 Å². The van der Waals surface area contributed by atoms with Gasteiger partial charge in [0.05, 0.1) is 7.11 Å². The van der Waals surface area contributed by atoms with E-state index >= 15 is 0 Å². The first kappa shape index (κ1) is 17.8. The van der Waals surface area contributed by atoms with Crippen molar-refractivity contribution in [2.45, 2.75) is 51.4 Å². The summed E-state index contributed by atoms with van der Waals surface area (Å²) >= 11 is 0. The highest BCUT2D eigenvalue weighted by atomic mass is 16.5. The molecule has 0 radical (unpaired) electrons. The lowest BCUT2D eigenvalue weighted by Crippen LogP contribution is -2.33. The third kappa shape index (κ3) is 2.95. The lowest BCUT2D eigenvalue weighted by atomic mass is 9.63. The average Bonchev–Trinajstić information content (AvgIpc) is 3.08. The number of benzene rings is 2. The van der Waals surface area contributed by atoms with Crippen molar-refractivity contribution in [3.8, 4) is 11.1 Å². The standard InChI is InChI=1S/C24H27NO2/c1-23(2)10-11-24(3,4)19-12-15(8-9-18(19)23)16-6-7-17-14-21(22(26)27-5)25-20(17)13-16/h6-9,12-14,25H,10-11H2,1-5H3. The average molecular weight is 361 g/mol. The van der Waals surface area contributed by atoms with Gasteiger partial charge in [0.1, 0.15) is 5.69 Å². The molecule has 0 saturated heterocycles. The van der Waals surface area contributed by atoms with Crippen LogP contribution in [0, 0.1) is 0 Å². The first-order valence-electron chi connectivity index (χ1n) is 9.58. The summed E-state index contributed by atoms with van der Waals surface area (Å²) in [5, 5.41) is 1.01. The van der Waals surface area contributed by atoms with Crippen LogP contribution in [0.3, 0.4) is 0 Å². The summed E-state index contributed by atoms with van der Waals surface area (Å²) < 4.78 is 4.82. The zero-order valence-corrected chi connectivity index (χ0v) is 16.8. The van der Waals surface area contributed by atoms with Gasteiger partial charge in [-0.3, -0.25) is 0 Å². The molecule has 0 saturated carbocycles. The van der Waals surface area contributed by atoms with Crippen molar-refractivity contribution in [2.75, 3.05) is 7.11 Å². The molecule has 4 rings (SSSR count). The van der Waals surface area contributed by atoms with Gasteiger partial charge < -0.3 is 9.72 Å². The van der Waals surface area contributed by atoms with Crippen LogP contribution >= 0.6 is 0 Å². The van der Waals surface area contributed by atoms with Crippen LogP contribution in [0.25, 0.3) is 22.0 Å². The molecule has 27 heavy (non-hydrogen) atoms. The number of fused-ring (bicyclic) bond motifs is 2. The highest BCUT2D eigenvalue weighted by molar-refractivity contribution is 5.96. The first-order chi connectivity index (χ1) is 12.7. The maximum absolute atomic E-state index is 11.8. The highest BCUT2D eigenvalue weighted by Crippen LogP contribution is 2.46. The fourth-order valence-corrected chi connectivity index (χ4v) is 4.29. The van der Waals surface area contributed by atoms with Gasteiger partial charge in [0.2, 0.25) is 0 Å². The molecule has 0 unspecified atom stereocenters. The van der Waals surface area contributed by atoms with Crippen LogP contribution in [0.4, 0.5) is 0 Å². The molecule has 1 heterocycles. The summed E-state index contributed by atoms with van der Waals surface area (Å²) in [5.74, 6) is -0.342. The topological polar surface area (TPSA) is 42.1 Å². The molecule has 2 aromatic carbocycles. The van der Waals surface area contributed by atoms with E-state index in [4.69, 9.17) is 4.74 Å². The lowest BCUT2D eigenvalue weighted by molar-refractivity contribution is 0.0595. The van der Waals surface area contributed by atoms with E-state index < -0.39 is 0 Å². The van der Waals surface area contributed by atoms with Crippen LogP contribution in [0.1, 0.15) is 62.2 Å². The SMILES string of the molecule is COC(=O)c1cc2ccc(-c3ccc4c(c3)C(C)(C)CCC4(C)C)cc2[nH]1. The van der Waals surface area contributed by atoms with Crippen LogP contribution in [0.2, 0.25) is 0 Å². The number of esters is 1. The molecule has 1 N–H and O–H groups in total. The van der Waals surface area contributed by atoms with Crippen LogP contribution in [0.5, 0.6) is 0 Å². The fraction of sp³-hybridized carbons (Fsp3) is 0.375. The van der Waals surface area contributed by atoms with Gasteiger partial charge in [-0.1, -0.05) is 58.0 Å². The summed E-state index contributed by atoms with van der Waals surface area (Å²) in [6, 6.07) is 15.0. The normalized spacial score (nSPS) is 17.5. The lowest BCUT2D eigenvalue weighted by Gasteiger charge is -2.42. The van der Waals surface area contributed by atoms with Crippen LogP contribution < -0.4 is 0 Å². The number of methoxy groups -OCH3 is 1. The zero-order valence-electron chi connectivity index (χ0n) is 16.8. The van der Waals surface area contributed by atoms with Crippen molar-refractivity contribution in [2.24, 2.45) is 0 Å². The predicted octanol–water partition coefficient (Wildman–Crippen LogP) is 5.97. The smallest absolute Gasteiger partial charge is 0.354 e. The number of aromatic nitrogens is 1. The van der Waals surface area contributed by atoms with Crippen LogP contribution in [0.15, 0.2) is 42.5 Å². The Morgan fingerprint density at radius 2 is 1.52 bits per heavy atom. The Hall–Kier alpha value is -2.55. The summed E-state index contributed by atoms with van der Waals surface area (Å²) in [6.45, 7) is 9.39. The molecule has 3 aromatic rings. The summed E-state index contributed by atoms with van der Waals surface area (Å²) in [7, 11) is 1.40. The van der Waals surface area contributed by atoms with Gasteiger partial charge in [-0.05, 0) is 58.1 Å². The van der Waals surface area contributed by atoms with Gasteiger partial charge >= 0.3 is 5.97 Å². The van der Waals surface area contributed by atoms with Gasteiger partial charge in [0.25, 0.3) is 0 Å². The van der Waals surface area contributed by atoms with E-state index in [1.54, 1.807) is 0 Å². The number of carbonyl (C=O) groups excluding carboxylic acids is 1. The van der Waals surface area contributed by atoms with Crippen molar-refractivity contribution in [3.05, 3.63) is 59.3 Å². The molecule has 0 aliphatic heterocycles. The molecule has 0 spiro atoms. The Bertz CT molecular complexity index is 1040. The van der Waals surface area contributed by atoms with Crippen LogP contribution in [-0.2, 0) is 15.6 Å². The molecule has 1 aliphatic rings. The number of H-pyrrole nitrogens is 1. The number of aromatic amines is 1. The van der Waals surface area contributed by atoms with E-state index in [0.717, 1.165) is 16.5 Å². The Labute approximate surface area is 160 Å². The molecule has 1 aromatic heterocycles. The van der Waals surface area contributed by atoms with Crippen molar-refractivity contribution in [1.29, 1.82) is 0 Å². The molecule has 0 bridgehead atoms. The summed E-state index contributed by atoms with van der Waals surface area (Å²) in [6.07, 6.45) is 2.42. The molecule has 1 aliphatic carbocycles. The minimum atomic E-state index is -0.342. The van der Waals surface area contributed by atoms with Gasteiger partial charge in [-0.15, -0.1) is 0 Å². The molecule has 0 amide bonds. The predicted molar refractivity (Wildman–Crippen MR) is 110 cm³/mol. The zero-order chi connectivity index (χ0) is 19.4. The number of hydrogen-bond donors (Lipinski definition) is 1. The maximum atomic E-state index is 11.8. The Morgan fingerprint density at radius 1 is 0.889 bits per heavy atom. The summed E-state index contributed by atoms with van der Waals surface area (Å²) in [4.78, 5) is 15.0. The first-order valence-corrected chi connectivity index (χ1v) is 9.58. The molecule has 0 atom stereocenters. The number of carbonyl (C=O) groups is 1. The third-order valence-corrected chi connectivity index (χ3v) is 6.21. The molecule has 3 nitrogen and oxygen atoms in total. The highest BCUT2D eigenvalue weighted by Gasteiger charge is 2.36. The minimum absolute atomic E-state index is 0.190. The molecule has 3 heteroatoms. The number of hydrogen-bond acceptors (Lipinski definition) is 2. The van der Waals surface area contributed by atoms with Gasteiger partial charge in [-0.2, -0.15) is 0 Å². The quantitative estimate of drug-likeness (QED) is 0.571. The third-order valence-electron chi connectivity index (χ3n) is 6.21. The van der Waals surface area contributed by atoms with Gasteiger partial charge in [-0.25, -0.2) is 4.79 Å². The Morgan fingerprint density at radius 3 is 2.22 bits per heavy atom. The van der Waals surface area contributed by atoms with E-state index in [-0.39, 0.29) is 16.8 Å². The van der Waals surface area contributed by atoms with Gasteiger partial charge in [0.15, 0.2) is 0 Å². The molecular formula is C24H27NO2. The molecular weight excluding hydrogens is 334 g/mol. The Balaban J connectivity index is 1.81. The van der Waals surface area contributed by atoms with E-state index in [1.165, 1.54) is 36.6 Å². The second-order valence-electron chi connectivity index (χ2n) is 9.00. The van der Waals surface area contributed by atoms with Crippen molar-refractivity contribution < 1.29 is 9.53 Å². The summed E-state index contributed by atoms with van der Waals surface area (Å²) in [5.41, 5.74) is 7.15. The Kier molecular flexibility index (Phi) is 3.95.